The number of carbonyl (C=O) groups is 2. The molecule has 0 aromatic rings. The number of aliphatic hydroxyl groups is 2. The third-order valence-electron chi connectivity index (χ3n) is 9.89. The van der Waals surface area contributed by atoms with Crippen LogP contribution in [-0.2, 0) is 32.7 Å². The van der Waals surface area contributed by atoms with Gasteiger partial charge in [-0.3, -0.25) is 18.6 Å². The van der Waals surface area contributed by atoms with E-state index in [0.29, 0.717) is 12.8 Å². The molecule has 0 heterocycles. The first-order valence-corrected chi connectivity index (χ1v) is 25.2. The minimum atomic E-state index is -4.63. The fraction of sp³-hybridized carbons (Fsp3) is 0.755. The lowest BCUT2D eigenvalue weighted by Gasteiger charge is -2.20. The van der Waals surface area contributed by atoms with Gasteiger partial charge in [0.1, 0.15) is 12.7 Å². The molecule has 0 aromatic carbocycles. The number of carbonyl (C=O) groups excluding carboxylic acids is 2. The molecule has 11 heteroatoms. The van der Waals surface area contributed by atoms with Crippen LogP contribution in [0.5, 0.6) is 0 Å². The normalized spacial score (nSPS) is 14.3. The maximum absolute atomic E-state index is 12.6. The van der Waals surface area contributed by atoms with Crippen molar-refractivity contribution in [2.24, 2.45) is 0 Å². The predicted octanol–water partition coefficient (Wildman–Crippen LogP) is 13.1. The Morgan fingerprint density at radius 3 is 1.33 bits per heavy atom. The highest BCUT2D eigenvalue weighted by Crippen LogP contribution is 2.43. The summed E-state index contributed by atoms with van der Waals surface area (Å²) in [5.74, 6) is -0.949. The molecule has 60 heavy (non-hydrogen) atoms. The number of phosphoric ester groups is 1. The number of ether oxygens (including phenoxy) is 2. The number of hydrogen-bond acceptors (Lipinski definition) is 9. The first-order valence-electron chi connectivity index (χ1n) is 23.7. The summed E-state index contributed by atoms with van der Waals surface area (Å²) in [7, 11) is -4.63. The van der Waals surface area contributed by atoms with Gasteiger partial charge in [-0.25, -0.2) is 4.57 Å². The van der Waals surface area contributed by atoms with E-state index in [1.165, 1.54) is 77.0 Å². The number of phosphoric acid groups is 1. The highest BCUT2D eigenvalue weighted by Gasteiger charge is 2.27. The Labute approximate surface area is 366 Å². The first-order chi connectivity index (χ1) is 29.2. The molecule has 0 bridgehead atoms. The van der Waals surface area contributed by atoms with Gasteiger partial charge >= 0.3 is 19.8 Å². The van der Waals surface area contributed by atoms with Crippen LogP contribution in [0.25, 0.3) is 0 Å². The van der Waals surface area contributed by atoms with Crippen molar-refractivity contribution in [1.82, 2.24) is 0 Å². The minimum absolute atomic E-state index is 0.166. The number of hydrogen-bond donors (Lipinski definition) is 3. The maximum Gasteiger partial charge on any atom is 0.472 e. The molecule has 3 atom stereocenters. The summed E-state index contributed by atoms with van der Waals surface area (Å²) >= 11 is 0. The standard InChI is InChI=1S/C49H87O10P/c1-3-5-7-9-11-13-15-17-19-21-23-25-27-29-31-33-35-37-39-41-49(53)59-47(45-58-60(54,55)57-43-46(51)42-50)44-56-48(52)40-38-36-34-32-30-28-26-24-22-20-18-16-14-12-10-8-6-4-2/h11,13-14,16-17,19-20,22-23,25,46-47,50-51H,3-10,12,15,18,21,24,26-45H2,1-2H3,(H,54,55)/b13-11-,16-14-,19-17-,22-20-,25-23-. The van der Waals surface area contributed by atoms with Crippen molar-refractivity contribution in [3.05, 3.63) is 60.8 Å². The first kappa shape index (κ1) is 57.7. The highest BCUT2D eigenvalue weighted by atomic mass is 31.2. The molecular weight excluding hydrogens is 780 g/mol. The molecule has 3 unspecified atom stereocenters. The van der Waals surface area contributed by atoms with Crippen LogP contribution < -0.4 is 0 Å². The van der Waals surface area contributed by atoms with Gasteiger partial charge < -0.3 is 24.6 Å². The van der Waals surface area contributed by atoms with Crippen molar-refractivity contribution >= 4 is 19.8 Å². The molecular formula is C49H87O10P. The second kappa shape index (κ2) is 44.7. The molecule has 0 aliphatic carbocycles. The van der Waals surface area contributed by atoms with Gasteiger partial charge in [0.05, 0.1) is 19.8 Å². The van der Waals surface area contributed by atoms with E-state index >= 15 is 0 Å². The zero-order valence-electron chi connectivity index (χ0n) is 37.9. The summed E-state index contributed by atoms with van der Waals surface area (Å²) in [6.07, 6.45) is 50.3. The summed E-state index contributed by atoms with van der Waals surface area (Å²) in [6.45, 7) is 2.32. The van der Waals surface area contributed by atoms with Crippen molar-refractivity contribution in [3.63, 3.8) is 0 Å². The Bertz CT molecular complexity index is 1180. The smallest absolute Gasteiger partial charge is 0.462 e. The van der Waals surface area contributed by atoms with E-state index < -0.39 is 51.8 Å². The third-order valence-corrected chi connectivity index (χ3v) is 10.8. The molecule has 0 saturated carbocycles. The molecule has 0 aliphatic heterocycles. The topological polar surface area (TPSA) is 149 Å². The SMILES string of the molecule is CCCCC/C=C\C/C=C\C/C=C\CCCCCCCCC(=O)OC(COC(=O)CCCCCCCCC/C=C\C/C=C\CCCCCC)COP(=O)(O)OCC(O)CO. The van der Waals surface area contributed by atoms with Crippen LogP contribution in [0.4, 0.5) is 0 Å². The molecule has 0 amide bonds. The number of aliphatic hydroxyl groups excluding tert-OH is 2. The van der Waals surface area contributed by atoms with Gasteiger partial charge in [-0.15, -0.1) is 0 Å². The zero-order chi connectivity index (χ0) is 44.0. The van der Waals surface area contributed by atoms with Crippen LogP contribution >= 0.6 is 7.82 Å². The van der Waals surface area contributed by atoms with Crippen LogP contribution in [0.2, 0.25) is 0 Å². The summed E-state index contributed by atoms with van der Waals surface area (Å²) in [5.41, 5.74) is 0. The fourth-order valence-electron chi connectivity index (χ4n) is 6.21. The van der Waals surface area contributed by atoms with E-state index in [0.717, 1.165) is 83.5 Å². The van der Waals surface area contributed by atoms with Crippen molar-refractivity contribution in [1.29, 1.82) is 0 Å². The van der Waals surface area contributed by atoms with E-state index in [1.54, 1.807) is 0 Å². The monoisotopic (exact) mass is 867 g/mol. The predicted molar refractivity (Wildman–Crippen MR) is 247 cm³/mol. The second-order valence-electron chi connectivity index (χ2n) is 15.8. The molecule has 0 fully saturated rings. The molecule has 0 aromatic heterocycles. The van der Waals surface area contributed by atoms with Crippen molar-refractivity contribution in [3.8, 4) is 0 Å². The lowest BCUT2D eigenvalue weighted by molar-refractivity contribution is -0.161. The quantitative estimate of drug-likeness (QED) is 0.0234. The minimum Gasteiger partial charge on any atom is -0.462 e. The number of unbranched alkanes of at least 4 members (excludes halogenated alkanes) is 20. The maximum atomic E-state index is 12.6. The van der Waals surface area contributed by atoms with Crippen LogP contribution in [0.15, 0.2) is 60.8 Å². The lowest BCUT2D eigenvalue weighted by atomic mass is 10.1. The number of allylic oxidation sites excluding steroid dienone is 10. The summed E-state index contributed by atoms with van der Waals surface area (Å²) in [5, 5.41) is 18.4. The molecule has 0 radical (unpaired) electrons. The van der Waals surface area contributed by atoms with Crippen LogP contribution in [-0.4, -0.2) is 65.7 Å². The summed E-state index contributed by atoms with van der Waals surface area (Å²) < 4.78 is 32.8. The van der Waals surface area contributed by atoms with Crippen molar-refractivity contribution in [2.75, 3.05) is 26.4 Å². The van der Waals surface area contributed by atoms with Gasteiger partial charge in [0, 0.05) is 12.8 Å². The third kappa shape index (κ3) is 43.7. The van der Waals surface area contributed by atoms with Gasteiger partial charge in [0.25, 0.3) is 0 Å². The van der Waals surface area contributed by atoms with E-state index in [1.807, 2.05) is 0 Å². The average Bonchev–Trinajstić information content (AvgIpc) is 3.24. The largest absolute Gasteiger partial charge is 0.472 e. The van der Waals surface area contributed by atoms with Crippen LogP contribution in [0, 0.1) is 0 Å². The molecule has 0 spiro atoms. The molecule has 3 N–H and O–H groups in total. The molecule has 10 nitrogen and oxygen atoms in total. The van der Waals surface area contributed by atoms with Crippen molar-refractivity contribution < 1.29 is 47.8 Å². The van der Waals surface area contributed by atoms with Gasteiger partial charge in [0.2, 0.25) is 0 Å². The number of rotatable bonds is 44. The Kier molecular flexibility index (Phi) is 43.0. The molecule has 348 valence electrons. The Morgan fingerprint density at radius 2 is 0.867 bits per heavy atom. The average molecular weight is 867 g/mol. The second-order valence-corrected chi connectivity index (χ2v) is 17.2. The fourth-order valence-corrected chi connectivity index (χ4v) is 7.00. The van der Waals surface area contributed by atoms with E-state index in [4.69, 9.17) is 23.6 Å². The van der Waals surface area contributed by atoms with Crippen LogP contribution in [0.3, 0.4) is 0 Å². The zero-order valence-corrected chi connectivity index (χ0v) is 38.8. The van der Waals surface area contributed by atoms with Gasteiger partial charge in [-0.2, -0.15) is 0 Å². The molecule has 0 rings (SSSR count). The van der Waals surface area contributed by atoms with E-state index in [9.17, 15) is 24.2 Å². The Hall–Kier alpha value is -2.33. The summed E-state index contributed by atoms with van der Waals surface area (Å²) in [6, 6.07) is 0. The van der Waals surface area contributed by atoms with Gasteiger partial charge in [-0.1, -0.05) is 164 Å². The van der Waals surface area contributed by atoms with Gasteiger partial charge in [0.15, 0.2) is 6.10 Å². The highest BCUT2D eigenvalue weighted by molar-refractivity contribution is 7.47. The Morgan fingerprint density at radius 1 is 0.500 bits per heavy atom. The van der Waals surface area contributed by atoms with E-state index in [2.05, 4.69) is 74.6 Å². The Balaban J connectivity index is 4.29. The molecule has 0 aliphatic rings. The van der Waals surface area contributed by atoms with Gasteiger partial charge in [-0.05, 0) is 83.5 Å². The summed E-state index contributed by atoms with van der Waals surface area (Å²) in [4.78, 5) is 35.1. The molecule has 0 saturated heterocycles. The van der Waals surface area contributed by atoms with E-state index in [-0.39, 0.29) is 19.4 Å². The van der Waals surface area contributed by atoms with Crippen molar-refractivity contribution in [2.45, 2.75) is 212 Å². The van der Waals surface area contributed by atoms with Crippen LogP contribution in [0.1, 0.15) is 200 Å². The lowest BCUT2D eigenvalue weighted by Crippen LogP contribution is -2.29. The number of esters is 2.